The number of hydrogen-bond acceptors (Lipinski definition) is 3. The molecule has 0 amide bonds. The first-order valence-electron chi connectivity index (χ1n) is 6.65. The second-order valence-electron chi connectivity index (χ2n) is 4.58. The van der Waals surface area contributed by atoms with E-state index in [1.807, 2.05) is 54.6 Å². The number of Topliss-reactive ketones (excluding diaryl/α,β-unsaturated/α-hetero) is 1. The number of rotatable bonds is 5. The number of thioether (sulfide) groups is 1. The van der Waals surface area contributed by atoms with Crippen LogP contribution in [0.4, 0.5) is 0 Å². The average molecular weight is 296 g/mol. The van der Waals surface area contributed by atoms with Gasteiger partial charge in [-0.2, -0.15) is 0 Å². The van der Waals surface area contributed by atoms with E-state index < -0.39 is 0 Å². The maximum atomic E-state index is 12.0. The zero-order valence-corrected chi connectivity index (χ0v) is 12.6. The molecule has 0 N–H and O–H groups in total. The Morgan fingerprint density at radius 1 is 0.952 bits per heavy atom. The molecule has 0 aliphatic rings. The van der Waals surface area contributed by atoms with Crippen molar-refractivity contribution in [1.82, 2.24) is 0 Å². The number of carbonyl (C=O) groups is 2. The van der Waals surface area contributed by atoms with Gasteiger partial charge < -0.3 is 0 Å². The lowest BCUT2D eigenvalue weighted by atomic mass is 10.1. The first kappa shape index (κ1) is 15.3. The summed E-state index contributed by atoms with van der Waals surface area (Å²) >= 11 is 1.16. The van der Waals surface area contributed by atoms with Crippen molar-refractivity contribution in [3.05, 3.63) is 77.4 Å². The van der Waals surface area contributed by atoms with Crippen molar-refractivity contribution < 1.29 is 9.59 Å². The summed E-state index contributed by atoms with van der Waals surface area (Å²) in [7, 11) is 0. The van der Waals surface area contributed by atoms with Crippen LogP contribution in [0.1, 0.15) is 22.8 Å². The van der Waals surface area contributed by atoms with E-state index >= 15 is 0 Å². The monoisotopic (exact) mass is 296 g/mol. The molecule has 0 unspecified atom stereocenters. The third-order valence-corrected chi connectivity index (χ3v) is 3.91. The molecule has 0 saturated carbocycles. The first-order valence-corrected chi connectivity index (χ1v) is 7.64. The lowest BCUT2D eigenvalue weighted by molar-refractivity contribution is -0.113. The molecule has 0 spiro atoms. The minimum Gasteiger partial charge on any atom is -0.295 e. The van der Waals surface area contributed by atoms with E-state index in [1.165, 1.54) is 6.92 Å². The van der Waals surface area contributed by atoms with Crippen LogP contribution in [0.15, 0.2) is 66.2 Å². The Labute approximate surface area is 128 Å². The zero-order chi connectivity index (χ0) is 15.1. The molecule has 3 heteroatoms. The van der Waals surface area contributed by atoms with Crippen LogP contribution in [-0.2, 0) is 4.79 Å². The van der Waals surface area contributed by atoms with Crippen LogP contribution in [0, 0.1) is 0 Å². The fourth-order valence-electron chi connectivity index (χ4n) is 1.80. The second-order valence-corrected chi connectivity index (χ2v) is 5.53. The molecule has 0 bridgehead atoms. The Balaban J connectivity index is 2.06. The Kier molecular flexibility index (Phi) is 5.52. The molecule has 2 nitrogen and oxygen atoms in total. The SMILES string of the molecule is CC(=O)/C(=C/c1ccccc1)CSC(=O)c1ccccc1. The van der Waals surface area contributed by atoms with Crippen LogP contribution < -0.4 is 0 Å². The summed E-state index contributed by atoms with van der Waals surface area (Å²) in [6, 6.07) is 18.7. The highest BCUT2D eigenvalue weighted by Crippen LogP contribution is 2.18. The van der Waals surface area contributed by atoms with Crippen LogP contribution in [0.2, 0.25) is 0 Å². The molecule has 2 aromatic rings. The molecule has 2 aromatic carbocycles. The van der Waals surface area contributed by atoms with E-state index in [-0.39, 0.29) is 10.9 Å². The molecule has 106 valence electrons. The third-order valence-electron chi connectivity index (χ3n) is 2.96. The lowest BCUT2D eigenvalue weighted by Gasteiger charge is -2.04. The van der Waals surface area contributed by atoms with E-state index in [4.69, 9.17) is 0 Å². The van der Waals surface area contributed by atoms with Crippen molar-refractivity contribution in [3.63, 3.8) is 0 Å². The van der Waals surface area contributed by atoms with E-state index in [0.717, 1.165) is 17.3 Å². The zero-order valence-electron chi connectivity index (χ0n) is 11.8. The van der Waals surface area contributed by atoms with Gasteiger partial charge in [-0.05, 0) is 18.6 Å². The van der Waals surface area contributed by atoms with Gasteiger partial charge in [-0.3, -0.25) is 9.59 Å². The van der Waals surface area contributed by atoms with Gasteiger partial charge in [-0.25, -0.2) is 0 Å². The molecule has 0 atom stereocenters. The van der Waals surface area contributed by atoms with Crippen molar-refractivity contribution >= 4 is 28.7 Å². The normalized spacial score (nSPS) is 11.2. The van der Waals surface area contributed by atoms with Gasteiger partial charge in [-0.1, -0.05) is 72.4 Å². The number of carbonyl (C=O) groups excluding carboxylic acids is 2. The first-order chi connectivity index (χ1) is 10.2. The minimum atomic E-state index is -0.0178. The summed E-state index contributed by atoms with van der Waals surface area (Å²) < 4.78 is 0. The van der Waals surface area contributed by atoms with E-state index in [1.54, 1.807) is 12.1 Å². The number of hydrogen-bond donors (Lipinski definition) is 0. The molecule has 21 heavy (non-hydrogen) atoms. The third kappa shape index (κ3) is 4.72. The van der Waals surface area contributed by atoms with Crippen molar-refractivity contribution in [1.29, 1.82) is 0 Å². The average Bonchev–Trinajstić information content (AvgIpc) is 2.52. The standard InChI is InChI=1S/C18H16O2S/c1-14(19)17(12-15-8-4-2-5-9-15)13-21-18(20)16-10-6-3-7-11-16/h2-12H,13H2,1H3/b17-12+. The molecule has 0 aliphatic heterocycles. The molecule has 0 heterocycles. The summed E-state index contributed by atoms with van der Waals surface area (Å²) in [5.41, 5.74) is 2.27. The Bertz CT molecular complexity index is 645. The molecule has 2 rings (SSSR count). The molecular formula is C18H16O2S. The Hall–Kier alpha value is -2.13. The van der Waals surface area contributed by atoms with Gasteiger partial charge in [0.15, 0.2) is 5.78 Å². The predicted molar refractivity (Wildman–Crippen MR) is 88.3 cm³/mol. The van der Waals surface area contributed by atoms with Crippen LogP contribution in [-0.4, -0.2) is 16.7 Å². The predicted octanol–water partition coefficient (Wildman–Crippen LogP) is 4.23. The Morgan fingerprint density at radius 2 is 1.52 bits per heavy atom. The van der Waals surface area contributed by atoms with Crippen molar-refractivity contribution in [2.45, 2.75) is 6.92 Å². The fourth-order valence-corrected chi connectivity index (χ4v) is 2.67. The van der Waals surface area contributed by atoms with Gasteiger partial charge >= 0.3 is 0 Å². The highest BCUT2D eigenvalue weighted by molar-refractivity contribution is 8.14. The topological polar surface area (TPSA) is 34.1 Å². The largest absolute Gasteiger partial charge is 0.295 e. The van der Waals surface area contributed by atoms with Crippen LogP contribution in [0.3, 0.4) is 0 Å². The summed E-state index contributed by atoms with van der Waals surface area (Å²) in [5, 5.41) is -0.0178. The van der Waals surface area contributed by atoms with E-state index in [0.29, 0.717) is 16.9 Å². The molecule has 0 radical (unpaired) electrons. The van der Waals surface area contributed by atoms with Crippen LogP contribution in [0.5, 0.6) is 0 Å². The highest BCUT2D eigenvalue weighted by atomic mass is 32.2. The summed E-state index contributed by atoms with van der Waals surface area (Å²) in [5.74, 6) is 0.380. The van der Waals surface area contributed by atoms with E-state index in [2.05, 4.69) is 0 Å². The van der Waals surface area contributed by atoms with E-state index in [9.17, 15) is 9.59 Å². The number of ketones is 1. The summed E-state index contributed by atoms with van der Waals surface area (Å²) in [6.07, 6.45) is 1.84. The molecule has 0 saturated heterocycles. The second kappa shape index (κ2) is 7.60. The van der Waals surface area contributed by atoms with Crippen molar-refractivity contribution in [3.8, 4) is 0 Å². The van der Waals surface area contributed by atoms with Gasteiger partial charge in [0.1, 0.15) is 0 Å². The van der Waals surface area contributed by atoms with Crippen molar-refractivity contribution in [2.24, 2.45) is 0 Å². The Morgan fingerprint density at radius 3 is 2.10 bits per heavy atom. The van der Waals surface area contributed by atoms with Gasteiger partial charge in [0.25, 0.3) is 0 Å². The highest BCUT2D eigenvalue weighted by Gasteiger charge is 2.10. The van der Waals surface area contributed by atoms with Crippen molar-refractivity contribution in [2.75, 3.05) is 5.75 Å². The summed E-state index contributed by atoms with van der Waals surface area (Å²) in [6.45, 7) is 1.53. The van der Waals surface area contributed by atoms with Gasteiger partial charge in [0, 0.05) is 16.9 Å². The van der Waals surface area contributed by atoms with Gasteiger partial charge in [0.2, 0.25) is 5.12 Å². The fraction of sp³-hybridized carbons (Fsp3) is 0.111. The van der Waals surface area contributed by atoms with Gasteiger partial charge in [0.05, 0.1) is 0 Å². The molecule has 0 aliphatic carbocycles. The van der Waals surface area contributed by atoms with Crippen LogP contribution >= 0.6 is 11.8 Å². The van der Waals surface area contributed by atoms with Crippen LogP contribution in [0.25, 0.3) is 6.08 Å². The molecule has 0 aromatic heterocycles. The summed E-state index contributed by atoms with van der Waals surface area (Å²) in [4.78, 5) is 23.8. The maximum Gasteiger partial charge on any atom is 0.219 e. The van der Waals surface area contributed by atoms with Gasteiger partial charge in [-0.15, -0.1) is 0 Å². The minimum absolute atomic E-state index is 0.00721. The lowest BCUT2D eigenvalue weighted by Crippen LogP contribution is -2.03. The molecule has 0 fully saturated rings. The smallest absolute Gasteiger partial charge is 0.219 e. The molecular weight excluding hydrogens is 280 g/mol. The maximum absolute atomic E-state index is 12.0. The number of benzene rings is 2. The quantitative estimate of drug-likeness (QED) is 0.774.